The molecule has 10 heteroatoms. The molecule has 2 aromatic rings. The van der Waals surface area contributed by atoms with Crippen molar-refractivity contribution in [3.05, 3.63) is 23.2 Å². The van der Waals surface area contributed by atoms with E-state index in [-0.39, 0.29) is 24.9 Å². The molecule has 0 radical (unpaired) electrons. The second-order valence-corrected chi connectivity index (χ2v) is 7.07. The van der Waals surface area contributed by atoms with Crippen molar-refractivity contribution in [3.63, 3.8) is 0 Å². The number of anilines is 2. The molecule has 1 aromatic carbocycles. The molecule has 0 fully saturated rings. The minimum Gasteiger partial charge on any atom is -0.486 e. The lowest BCUT2D eigenvalue weighted by Gasteiger charge is -2.20. The number of likely N-dealkylation sites (N-methyl/N-ethyl adjacent to an activating group) is 1. The van der Waals surface area contributed by atoms with Crippen LogP contribution >= 0.6 is 11.3 Å². The third-order valence-corrected chi connectivity index (χ3v) is 4.53. The Kier molecular flexibility index (Phi) is 6.20. The molecule has 2 amide bonds. The van der Waals surface area contributed by atoms with Crippen LogP contribution in [0, 0.1) is 6.92 Å². The summed E-state index contributed by atoms with van der Waals surface area (Å²) in [5.74, 6) is 0.823. The maximum Gasteiger partial charge on any atom is 0.240 e. The van der Waals surface area contributed by atoms with Crippen LogP contribution in [0.15, 0.2) is 18.2 Å². The standard InChI is InChI=1S/C17H21N5O4S/c1-3-22(10-16(24)19-17-21-20-11(2)27-17)9-15(23)18-12-4-5-13-14(8-12)26-7-6-25-13/h4-5,8H,3,6-7,9-10H2,1-2H3,(H,18,23)(H,19,21,24). The molecule has 0 saturated heterocycles. The number of aromatic nitrogens is 2. The van der Waals surface area contributed by atoms with E-state index in [4.69, 9.17) is 9.47 Å². The number of aryl methyl sites for hydroxylation is 1. The monoisotopic (exact) mass is 391 g/mol. The molecular formula is C17H21N5O4S. The highest BCUT2D eigenvalue weighted by atomic mass is 32.1. The van der Waals surface area contributed by atoms with Crippen LogP contribution in [-0.2, 0) is 9.59 Å². The summed E-state index contributed by atoms with van der Waals surface area (Å²) in [5, 5.41) is 14.4. The number of fused-ring (bicyclic) bond motifs is 1. The van der Waals surface area contributed by atoms with Gasteiger partial charge in [-0.25, -0.2) is 0 Å². The van der Waals surface area contributed by atoms with Gasteiger partial charge in [-0.2, -0.15) is 0 Å². The fourth-order valence-electron chi connectivity index (χ4n) is 2.51. The van der Waals surface area contributed by atoms with Crippen molar-refractivity contribution in [2.75, 3.05) is 43.5 Å². The Bertz CT molecular complexity index is 825. The molecule has 0 aliphatic carbocycles. The first-order valence-electron chi connectivity index (χ1n) is 8.55. The number of nitrogens with zero attached hydrogens (tertiary/aromatic N) is 3. The van der Waals surface area contributed by atoms with Crippen LogP contribution in [-0.4, -0.2) is 59.8 Å². The summed E-state index contributed by atoms with van der Waals surface area (Å²) in [4.78, 5) is 26.2. The molecule has 0 atom stereocenters. The van der Waals surface area contributed by atoms with Crippen LogP contribution < -0.4 is 20.1 Å². The van der Waals surface area contributed by atoms with E-state index in [9.17, 15) is 9.59 Å². The predicted molar refractivity (Wildman–Crippen MR) is 101 cm³/mol. The topological polar surface area (TPSA) is 106 Å². The van der Waals surface area contributed by atoms with E-state index < -0.39 is 0 Å². The van der Waals surface area contributed by atoms with Crippen LogP contribution in [0.5, 0.6) is 11.5 Å². The van der Waals surface area contributed by atoms with E-state index in [1.54, 1.807) is 23.1 Å². The van der Waals surface area contributed by atoms with Crippen molar-refractivity contribution in [1.82, 2.24) is 15.1 Å². The van der Waals surface area contributed by atoms with Gasteiger partial charge in [0.25, 0.3) is 0 Å². The van der Waals surface area contributed by atoms with Gasteiger partial charge >= 0.3 is 0 Å². The first kappa shape index (κ1) is 19.1. The summed E-state index contributed by atoms with van der Waals surface area (Å²) < 4.78 is 11.0. The maximum absolute atomic E-state index is 12.3. The molecule has 0 spiro atoms. The molecule has 27 heavy (non-hydrogen) atoms. The average molecular weight is 391 g/mol. The number of hydrogen-bond acceptors (Lipinski definition) is 8. The van der Waals surface area contributed by atoms with Crippen molar-refractivity contribution in [2.45, 2.75) is 13.8 Å². The molecule has 2 N–H and O–H groups in total. The Morgan fingerprint density at radius 3 is 2.48 bits per heavy atom. The Morgan fingerprint density at radius 2 is 1.81 bits per heavy atom. The van der Waals surface area contributed by atoms with Gasteiger partial charge in [0, 0.05) is 11.8 Å². The van der Waals surface area contributed by atoms with Gasteiger partial charge in [0.2, 0.25) is 16.9 Å². The summed E-state index contributed by atoms with van der Waals surface area (Å²) in [6.45, 7) is 5.43. The van der Waals surface area contributed by atoms with Crippen molar-refractivity contribution >= 4 is 34.0 Å². The van der Waals surface area contributed by atoms with Gasteiger partial charge in [-0.1, -0.05) is 18.3 Å². The summed E-state index contributed by atoms with van der Waals surface area (Å²) in [5.41, 5.74) is 0.620. The Labute approximate surface area is 160 Å². The fraction of sp³-hybridized carbons (Fsp3) is 0.412. The summed E-state index contributed by atoms with van der Waals surface area (Å²) >= 11 is 1.30. The average Bonchev–Trinajstić information content (AvgIpc) is 3.05. The Balaban J connectivity index is 1.51. The van der Waals surface area contributed by atoms with Crippen molar-refractivity contribution in [2.24, 2.45) is 0 Å². The molecule has 2 heterocycles. The highest BCUT2D eigenvalue weighted by molar-refractivity contribution is 7.15. The van der Waals surface area contributed by atoms with E-state index in [0.717, 1.165) is 5.01 Å². The van der Waals surface area contributed by atoms with Crippen LogP contribution in [0.2, 0.25) is 0 Å². The SMILES string of the molecule is CCN(CC(=O)Nc1ccc2c(c1)OCCO2)CC(=O)Nc1nnc(C)s1. The summed E-state index contributed by atoms with van der Waals surface area (Å²) in [6.07, 6.45) is 0. The molecule has 144 valence electrons. The van der Waals surface area contributed by atoms with Crippen molar-refractivity contribution < 1.29 is 19.1 Å². The van der Waals surface area contributed by atoms with Crippen LogP contribution in [0.1, 0.15) is 11.9 Å². The molecule has 9 nitrogen and oxygen atoms in total. The molecule has 1 aromatic heterocycles. The molecule has 0 bridgehead atoms. The minimum absolute atomic E-state index is 0.0870. The van der Waals surface area contributed by atoms with Gasteiger partial charge < -0.3 is 14.8 Å². The second kappa shape index (κ2) is 8.78. The summed E-state index contributed by atoms with van der Waals surface area (Å²) in [6, 6.07) is 5.25. The van der Waals surface area contributed by atoms with Gasteiger partial charge in [0.05, 0.1) is 13.1 Å². The van der Waals surface area contributed by atoms with E-state index >= 15 is 0 Å². The molecular weight excluding hydrogens is 370 g/mol. The zero-order chi connectivity index (χ0) is 19.2. The van der Waals surface area contributed by atoms with Gasteiger partial charge in [-0.15, -0.1) is 10.2 Å². The zero-order valence-corrected chi connectivity index (χ0v) is 16.0. The number of benzene rings is 1. The van der Waals surface area contributed by atoms with E-state index in [1.807, 2.05) is 13.8 Å². The highest BCUT2D eigenvalue weighted by Crippen LogP contribution is 2.32. The largest absolute Gasteiger partial charge is 0.486 e. The normalized spacial score (nSPS) is 12.7. The number of carbonyl (C=O) groups excluding carboxylic acids is 2. The first-order valence-corrected chi connectivity index (χ1v) is 9.37. The molecule has 0 unspecified atom stereocenters. The summed E-state index contributed by atoms with van der Waals surface area (Å²) in [7, 11) is 0. The highest BCUT2D eigenvalue weighted by Gasteiger charge is 2.16. The number of hydrogen-bond donors (Lipinski definition) is 2. The third kappa shape index (κ3) is 5.38. The van der Waals surface area contributed by atoms with Gasteiger partial charge in [0.1, 0.15) is 18.2 Å². The quantitative estimate of drug-likeness (QED) is 0.737. The zero-order valence-electron chi connectivity index (χ0n) is 15.2. The van der Waals surface area contributed by atoms with E-state index in [0.29, 0.717) is 42.1 Å². The molecule has 1 aliphatic heterocycles. The lowest BCUT2D eigenvalue weighted by Crippen LogP contribution is -2.38. The predicted octanol–water partition coefficient (Wildman–Crippen LogP) is 1.52. The number of ether oxygens (including phenoxy) is 2. The van der Waals surface area contributed by atoms with Crippen molar-refractivity contribution in [1.29, 1.82) is 0 Å². The van der Waals surface area contributed by atoms with Gasteiger partial charge in [-0.05, 0) is 25.6 Å². The number of amides is 2. The first-order chi connectivity index (χ1) is 13.0. The lowest BCUT2D eigenvalue weighted by molar-refractivity contribution is -0.119. The molecule has 0 saturated carbocycles. The Morgan fingerprint density at radius 1 is 1.11 bits per heavy atom. The second-order valence-electron chi connectivity index (χ2n) is 5.88. The van der Waals surface area contributed by atoms with Gasteiger partial charge in [0.15, 0.2) is 11.5 Å². The Hall–Kier alpha value is -2.72. The fourth-order valence-corrected chi connectivity index (χ4v) is 3.12. The smallest absolute Gasteiger partial charge is 0.240 e. The van der Waals surface area contributed by atoms with E-state index in [1.165, 1.54) is 11.3 Å². The molecule has 1 aliphatic rings. The van der Waals surface area contributed by atoms with Crippen LogP contribution in [0.3, 0.4) is 0 Å². The van der Waals surface area contributed by atoms with Crippen molar-refractivity contribution in [3.8, 4) is 11.5 Å². The number of carbonyl (C=O) groups is 2. The maximum atomic E-state index is 12.3. The number of rotatable bonds is 7. The third-order valence-electron chi connectivity index (χ3n) is 3.78. The van der Waals surface area contributed by atoms with E-state index in [2.05, 4.69) is 20.8 Å². The van der Waals surface area contributed by atoms with Crippen LogP contribution in [0.25, 0.3) is 0 Å². The number of nitrogens with one attached hydrogen (secondary N) is 2. The lowest BCUT2D eigenvalue weighted by atomic mass is 10.2. The van der Waals surface area contributed by atoms with Gasteiger partial charge in [-0.3, -0.25) is 19.8 Å². The minimum atomic E-state index is -0.236. The van der Waals surface area contributed by atoms with Crippen LogP contribution in [0.4, 0.5) is 10.8 Å². The molecule has 3 rings (SSSR count).